The number of hydrogen-bond acceptors (Lipinski definition) is 4. The summed E-state index contributed by atoms with van der Waals surface area (Å²) in [4.78, 5) is 14.8. The molecular weight excluding hydrogens is 436 g/mol. The number of amides is 1. The number of carbonyl (C=O) groups excluding carboxylic acids is 1. The van der Waals surface area contributed by atoms with Crippen molar-refractivity contribution in [1.29, 1.82) is 0 Å². The van der Waals surface area contributed by atoms with Crippen molar-refractivity contribution in [3.63, 3.8) is 0 Å². The number of halogens is 1. The zero-order chi connectivity index (χ0) is 22.8. The molecule has 33 heavy (non-hydrogen) atoms. The average molecular weight is 461 g/mol. The lowest BCUT2D eigenvalue weighted by Gasteiger charge is -2.23. The van der Waals surface area contributed by atoms with E-state index in [1.165, 1.54) is 0 Å². The fraction of sp³-hybridized carbons (Fsp3) is 0.222. The lowest BCUT2D eigenvalue weighted by Crippen LogP contribution is -2.26. The Morgan fingerprint density at radius 2 is 1.97 bits per heavy atom. The van der Waals surface area contributed by atoms with E-state index in [-0.39, 0.29) is 5.92 Å². The molecule has 3 aromatic carbocycles. The fourth-order valence-electron chi connectivity index (χ4n) is 4.50. The normalized spacial score (nSPS) is 16.2. The van der Waals surface area contributed by atoms with E-state index in [9.17, 15) is 4.79 Å². The molecule has 1 aliphatic rings. The Bertz CT molecular complexity index is 1290. The molecule has 1 unspecified atom stereocenters. The van der Waals surface area contributed by atoms with Gasteiger partial charge >= 0.3 is 6.09 Å². The third-order valence-electron chi connectivity index (χ3n) is 6.19. The Labute approximate surface area is 197 Å². The van der Waals surface area contributed by atoms with Crippen molar-refractivity contribution in [2.24, 2.45) is 0 Å². The lowest BCUT2D eigenvalue weighted by molar-refractivity contribution is 0.200. The predicted octanol–water partition coefficient (Wildman–Crippen LogP) is 5.99. The van der Waals surface area contributed by atoms with E-state index < -0.39 is 6.09 Å². The largest absolute Gasteiger partial charge is 0.464 e. The topological polar surface area (TPSA) is 54.7 Å². The molecule has 0 saturated heterocycles. The van der Waals surface area contributed by atoms with Gasteiger partial charge in [0, 0.05) is 36.5 Å². The van der Waals surface area contributed by atoms with E-state index in [0.29, 0.717) is 17.3 Å². The average Bonchev–Trinajstić information content (AvgIpc) is 3.25. The van der Waals surface area contributed by atoms with Crippen LogP contribution in [0, 0.1) is 0 Å². The highest BCUT2D eigenvalue weighted by Gasteiger charge is 2.27. The van der Waals surface area contributed by atoms with E-state index in [1.54, 1.807) is 6.26 Å². The highest BCUT2D eigenvalue weighted by molar-refractivity contribution is 6.32. The summed E-state index contributed by atoms with van der Waals surface area (Å²) in [5.74, 6) is 0.427. The molecule has 5 nitrogen and oxygen atoms in total. The Morgan fingerprint density at radius 1 is 1.12 bits per heavy atom. The van der Waals surface area contributed by atoms with Gasteiger partial charge in [-0.15, -0.1) is 0 Å². The van der Waals surface area contributed by atoms with Crippen LogP contribution in [-0.4, -0.2) is 31.1 Å². The van der Waals surface area contributed by atoms with Crippen molar-refractivity contribution in [3.05, 3.63) is 100 Å². The van der Waals surface area contributed by atoms with Crippen LogP contribution in [0.25, 0.3) is 11.0 Å². The molecule has 0 radical (unpaired) electrons. The van der Waals surface area contributed by atoms with Crippen LogP contribution in [0.1, 0.15) is 28.2 Å². The summed E-state index contributed by atoms with van der Waals surface area (Å²) in [6.07, 6.45) is 2.07. The number of likely N-dealkylation sites (N-methyl/N-ethyl adjacent to an activating group) is 1. The molecule has 1 amide bonds. The summed E-state index contributed by atoms with van der Waals surface area (Å²) < 4.78 is 11.5. The highest BCUT2D eigenvalue weighted by atomic mass is 35.5. The highest BCUT2D eigenvalue weighted by Crippen LogP contribution is 2.39. The number of nitrogens with one attached hydrogen (secondary N) is 1. The summed E-state index contributed by atoms with van der Waals surface area (Å²) >= 11 is 6.55. The molecule has 0 fully saturated rings. The van der Waals surface area contributed by atoms with Crippen molar-refractivity contribution in [1.82, 2.24) is 10.2 Å². The van der Waals surface area contributed by atoms with Gasteiger partial charge in [-0.1, -0.05) is 60.1 Å². The maximum Gasteiger partial charge on any atom is 0.412 e. The van der Waals surface area contributed by atoms with E-state index in [0.717, 1.165) is 52.7 Å². The number of rotatable bonds is 4. The monoisotopic (exact) mass is 460 g/mol. The van der Waals surface area contributed by atoms with E-state index in [2.05, 4.69) is 35.5 Å². The first-order valence-electron chi connectivity index (χ1n) is 11.0. The first kappa shape index (κ1) is 21.6. The smallest absolute Gasteiger partial charge is 0.412 e. The third kappa shape index (κ3) is 4.61. The van der Waals surface area contributed by atoms with Crippen LogP contribution in [0.2, 0.25) is 5.02 Å². The van der Waals surface area contributed by atoms with Gasteiger partial charge in [-0.2, -0.15) is 0 Å². The zero-order valence-electron chi connectivity index (χ0n) is 18.4. The van der Waals surface area contributed by atoms with Gasteiger partial charge in [-0.25, -0.2) is 4.79 Å². The number of fused-ring (bicyclic) bond motifs is 2. The predicted molar refractivity (Wildman–Crippen MR) is 130 cm³/mol. The second-order valence-electron chi connectivity index (χ2n) is 8.46. The van der Waals surface area contributed by atoms with Crippen molar-refractivity contribution in [3.8, 4) is 5.75 Å². The van der Waals surface area contributed by atoms with Gasteiger partial charge in [0.2, 0.25) is 0 Å². The van der Waals surface area contributed by atoms with Crippen LogP contribution in [0.5, 0.6) is 5.75 Å². The number of carbonyl (C=O) groups is 1. The number of hydrogen-bond donors (Lipinski definition) is 1. The molecule has 5 rings (SSSR count). The number of benzene rings is 3. The summed E-state index contributed by atoms with van der Waals surface area (Å²) in [5.41, 5.74) is 5.28. The number of para-hydroxylation sites is 1. The summed E-state index contributed by atoms with van der Waals surface area (Å²) in [6, 6.07) is 21.8. The van der Waals surface area contributed by atoms with Gasteiger partial charge in [-0.3, -0.25) is 0 Å². The molecule has 0 spiro atoms. The van der Waals surface area contributed by atoms with Gasteiger partial charge in [-0.05, 0) is 48.4 Å². The Kier molecular flexibility index (Phi) is 6.07. The van der Waals surface area contributed by atoms with Crippen LogP contribution < -0.4 is 10.1 Å². The maximum atomic E-state index is 12.5. The summed E-state index contributed by atoms with van der Waals surface area (Å²) in [6.45, 7) is 2.13. The van der Waals surface area contributed by atoms with Gasteiger partial charge in [0.15, 0.2) is 5.75 Å². The first-order valence-corrected chi connectivity index (χ1v) is 11.4. The molecule has 1 N–H and O–H groups in total. The van der Waals surface area contributed by atoms with Gasteiger partial charge in [0.1, 0.15) is 5.58 Å². The van der Waals surface area contributed by atoms with Crippen LogP contribution in [-0.2, 0) is 13.0 Å². The second-order valence-corrected chi connectivity index (χ2v) is 8.87. The van der Waals surface area contributed by atoms with Crippen molar-refractivity contribution in [2.75, 3.05) is 20.1 Å². The van der Waals surface area contributed by atoms with E-state index in [1.807, 2.05) is 48.5 Å². The third-order valence-corrected chi connectivity index (χ3v) is 6.49. The lowest BCUT2D eigenvalue weighted by atomic mass is 9.87. The Hall–Kier alpha value is -3.28. The molecule has 4 aromatic rings. The summed E-state index contributed by atoms with van der Waals surface area (Å²) in [5, 5.41) is 4.30. The fourth-order valence-corrected chi connectivity index (χ4v) is 4.73. The van der Waals surface area contributed by atoms with Gasteiger partial charge in [0.05, 0.1) is 11.3 Å². The van der Waals surface area contributed by atoms with Gasteiger partial charge in [0.25, 0.3) is 0 Å². The van der Waals surface area contributed by atoms with E-state index >= 15 is 0 Å². The van der Waals surface area contributed by atoms with Gasteiger partial charge < -0.3 is 19.4 Å². The first-order chi connectivity index (χ1) is 16.1. The minimum absolute atomic E-state index is 0.0642. The second kappa shape index (κ2) is 9.30. The van der Waals surface area contributed by atoms with E-state index in [4.69, 9.17) is 20.8 Å². The van der Waals surface area contributed by atoms with Crippen molar-refractivity contribution in [2.45, 2.75) is 18.9 Å². The van der Waals surface area contributed by atoms with Crippen LogP contribution >= 0.6 is 11.6 Å². The molecule has 168 valence electrons. The molecule has 1 aliphatic heterocycles. The SMILES string of the molecule is CN1CCc2cc(Cl)c(OC(=O)NCc3ccccc3)cc2C(c2cccc3ccoc23)C1. The summed E-state index contributed by atoms with van der Waals surface area (Å²) in [7, 11) is 2.12. The van der Waals surface area contributed by atoms with Crippen LogP contribution in [0.4, 0.5) is 4.79 Å². The minimum Gasteiger partial charge on any atom is -0.464 e. The Balaban J connectivity index is 1.46. The van der Waals surface area contributed by atoms with Crippen LogP contribution in [0.3, 0.4) is 0 Å². The molecule has 2 heterocycles. The van der Waals surface area contributed by atoms with Crippen LogP contribution in [0.15, 0.2) is 77.4 Å². The standard InChI is InChI=1S/C27H25ClN2O3/c1-30-12-10-20-14-24(28)25(33-27(31)29-16-18-6-3-2-4-7-18)15-22(20)23(17-30)21-9-5-8-19-11-13-32-26(19)21/h2-9,11,13-15,23H,10,12,16-17H2,1H3,(H,29,31). The Morgan fingerprint density at radius 3 is 2.82 bits per heavy atom. The molecule has 0 saturated carbocycles. The molecule has 1 aromatic heterocycles. The maximum absolute atomic E-state index is 12.5. The molecule has 6 heteroatoms. The number of nitrogens with zero attached hydrogens (tertiary/aromatic N) is 1. The van der Waals surface area contributed by atoms with Crippen molar-refractivity contribution >= 4 is 28.7 Å². The van der Waals surface area contributed by atoms with Crippen molar-refractivity contribution < 1.29 is 13.9 Å². The number of furan rings is 1. The quantitative estimate of drug-likeness (QED) is 0.406. The molecular formula is C27H25ClN2O3. The zero-order valence-corrected chi connectivity index (χ0v) is 19.1. The molecule has 1 atom stereocenters. The molecule has 0 bridgehead atoms. The number of ether oxygens (including phenoxy) is 1. The minimum atomic E-state index is -0.531. The molecule has 0 aliphatic carbocycles.